The normalized spacial score (nSPS) is 25.5. The molecule has 0 spiro atoms. The molecule has 1 aromatic carbocycles. The van der Waals surface area contributed by atoms with E-state index in [1.807, 2.05) is 9.80 Å². The number of morpholine rings is 1. The molecule has 182 valence electrons. The van der Waals surface area contributed by atoms with Gasteiger partial charge in [-0.1, -0.05) is 6.42 Å². The van der Waals surface area contributed by atoms with Crippen LogP contribution in [-0.4, -0.2) is 83.8 Å². The van der Waals surface area contributed by atoms with Gasteiger partial charge in [-0.3, -0.25) is 0 Å². The Morgan fingerprint density at radius 1 is 0.971 bits per heavy atom. The molecule has 0 radical (unpaired) electrons. The van der Waals surface area contributed by atoms with Gasteiger partial charge < -0.3 is 24.2 Å². The third kappa shape index (κ3) is 4.68. The summed E-state index contributed by atoms with van der Waals surface area (Å²) in [6.45, 7) is 6.56. The molecule has 4 aliphatic rings. The quantitative estimate of drug-likeness (QED) is 0.659. The molecule has 0 atom stereocenters. The molecule has 6 rings (SSSR count). The summed E-state index contributed by atoms with van der Waals surface area (Å²) in [5, 5.41) is 1.03. The molecule has 4 heterocycles. The average molecular weight is 483 g/mol. The molecule has 2 amide bonds. The van der Waals surface area contributed by atoms with E-state index in [0.717, 1.165) is 53.9 Å². The Morgan fingerprint density at radius 3 is 2.50 bits per heavy atom. The molecule has 1 aromatic heterocycles. The number of hydrogen-bond acceptors (Lipinski definition) is 6. The molecule has 3 aliphatic heterocycles. The van der Waals surface area contributed by atoms with Crippen LogP contribution in [0.3, 0.4) is 0 Å². The Kier molecular flexibility index (Phi) is 6.45. The Hall–Kier alpha value is -2.16. The summed E-state index contributed by atoms with van der Waals surface area (Å²) in [7, 11) is 0. The maximum absolute atomic E-state index is 12.9. The molecule has 2 aromatic rings. The number of fused-ring (bicyclic) bond motifs is 1. The van der Waals surface area contributed by atoms with E-state index in [1.54, 1.807) is 11.3 Å². The number of thiazole rings is 1. The van der Waals surface area contributed by atoms with Crippen molar-refractivity contribution in [1.29, 1.82) is 0 Å². The number of urea groups is 1. The number of carbonyl (C=O) groups is 1. The van der Waals surface area contributed by atoms with Crippen molar-refractivity contribution in [3.05, 3.63) is 34.8 Å². The third-order valence-electron chi connectivity index (χ3n) is 7.66. The molecule has 7 nitrogen and oxygen atoms in total. The van der Waals surface area contributed by atoms with Crippen LogP contribution in [0.1, 0.15) is 42.7 Å². The van der Waals surface area contributed by atoms with Gasteiger partial charge in [-0.25, -0.2) is 9.78 Å². The van der Waals surface area contributed by atoms with Crippen LogP contribution < -0.4 is 4.74 Å². The number of carbonyl (C=O) groups excluding carboxylic acids is 1. The van der Waals surface area contributed by atoms with Crippen molar-refractivity contribution in [3.8, 4) is 16.3 Å². The Bertz CT molecular complexity index is 992. The zero-order valence-corrected chi connectivity index (χ0v) is 20.6. The molecular weight excluding hydrogens is 448 g/mol. The first kappa shape index (κ1) is 22.3. The molecule has 2 saturated heterocycles. The number of amides is 2. The highest BCUT2D eigenvalue weighted by molar-refractivity contribution is 7.15. The van der Waals surface area contributed by atoms with E-state index in [1.165, 1.54) is 37.2 Å². The Labute approximate surface area is 205 Å². The predicted molar refractivity (Wildman–Crippen MR) is 132 cm³/mol. The second-order valence-corrected chi connectivity index (χ2v) is 11.0. The molecule has 3 fully saturated rings. The van der Waals surface area contributed by atoms with Gasteiger partial charge in [-0.15, -0.1) is 11.3 Å². The monoisotopic (exact) mass is 482 g/mol. The minimum absolute atomic E-state index is 0.129. The molecule has 0 unspecified atom stereocenters. The number of benzene rings is 1. The van der Waals surface area contributed by atoms with Crippen LogP contribution in [0.5, 0.6) is 5.75 Å². The van der Waals surface area contributed by atoms with Gasteiger partial charge in [-0.05, 0) is 50.2 Å². The lowest BCUT2D eigenvalue weighted by molar-refractivity contribution is 0.00893. The number of hydrogen-bond donors (Lipinski definition) is 0. The first-order valence-electron chi connectivity index (χ1n) is 12.8. The summed E-state index contributed by atoms with van der Waals surface area (Å²) < 4.78 is 11.6. The lowest BCUT2D eigenvalue weighted by Crippen LogP contribution is -2.50. The highest BCUT2D eigenvalue weighted by Gasteiger charge is 2.35. The smallest absolute Gasteiger partial charge is 0.320 e. The predicted octanol–water partition coefficient (Wildman–Crippen LogP) is 4.02. The third-order valence-corrected chi connectivity index (χ3v) is 8.80. The van der Waals surface area contributed by atoms with Crippen molar-refractivity contribution in [3.63, 3.8) is 0 Å². The molecule has 8 heteroatoms. The van der Waals surface area contributed by atoms with E-state index in [-0.39, 0.29) is 6.03 Å². The van der Waals surface area contributed by atoms with E-state index >= 15 is 0 Å². The lowest BCUT2D eigenvalue weighted by Gasteiger charge is -2.44. The number of nitrogens with zero attached hydrogens (tertiary/aromatic N) is 4. The van der Waals surface area contributed by atoms with Crippen LogP contribution >= 0.6 is 11.3 Å². The zero-order chi connectivity index (χ0) is 22.9. The zero-order valence-electron chi connectivity index (χ0n) is 19.8. The number of rotatable bonds is 4. The standard InChI is InChI=1S/C26H34N4O3S/c31-26(29-12-14-32-15-13-29)30-11-8-23-24(18-30)34-25(27-23)19-4-6-21(7-5-19)33-22-16-20(17-22)28-9-2-1-3-10-28/h4-7,20,22H,1-3,8-18H2/t20-,22-. The Morgan fingerprint density at radius 2 is 1.74 bits per heavy atom. The molecule has 34 heavy (non-hydrogen) atoms. The summed E-state index contributed by atoms with van der Waals surface area (Å²) >= 11 is 1.71. The van der Waals surface area contributed by atoms with Crippen LogP contribution in [0.4, 0.5) is 4.79 Å². The van der Waals surface area contributed by atoms with Gasteiger partial charge in [0.25, 0.3) is 0 Å². The second-order valence-electron chi connectivity index (χ2n) is 9.93. The van der Waals surface area contributed by atoms with Gasteiger partial charge in [0.1, 0.15) is 16.9 Å². The average Bonchev–Trinajstić information content (AvgIpc) is 3.30. The fraction of sp³-hybridized carbons (Fsp3) is 0.615. The van der Waals surface area contributed by atoms with Gasteiger partial charge in [0.2, 0.25) is 0 Å². The van der Waals surface area contributed by atoms with E-state index < -0.39 is 0 Å². The van der Waals surface area contributed by atoms with Crippen molar-refractivity contribution < 1.29 is 14.3 Å². The fourth-order valence-electron chi connectivity index (χ4n) is 5.52. The van der Waals surface area contributed by atoms with Gasteiger partial charge in [0, 0.05) is 55.4 Å². The van der Waals surface area contributed by atoms with Gasteiger partial charge in [-0.2, -0.15) is 0 Å². The molecule has 1 aliphatic carbocycles. The highest BCUT2D eigenvalue weighted by atomic mass is 32.1. The first-order valence-corrected chi connectivity index (χ1v) is 13.7. The molecule has 1 saturated carbocycles. The molecule has 0 N–H and O–H groups in total. The number of likely N-dealkylation sites (tertiary alicyclic amines) is 1. The summed E-state index contributed by atoms with van der Waals surface area (Å²) in [6, 6.07) is 9.26. The van der Waals surface area contributed by atoms with Crippen molar-refractivity contribution in [2.75, 3.05) is 45.9 Å². The van der Waals surface area contributed by atoms with Crippen molar-refractivity contribution in [1.82, 2.24) is 19.7 Å². The minimum Gasteiger partial charge on any atom is -0.490 e. The summed E-state index contributed by atoms with van der Waals surface area (Å²) in [5.41, 5.74) is 2.27. The van der Waals surface area contributed by atoms with Crippen molar-refractivity contribution >= 4 is 17.4 Å². The van der Waals surface area contributed by atoms with E-state index in [0.29, 0.717) is 39.0 Å². The van der Waals surface area contributed by atoms with Gasteiger partial charge >= 0.3 is 6.03 Å². The number of aromatic nitrogens is 1. The van der Waals surface area contributed by atoms with Crippen LogP contribution in [0.2, 0.25) is 0 Å². The summed E-state index contributed by atoms with van der Waals surface area (Å²) in [4.78, 5) is 25.5. The van der Waals surface area contributed by atoms with Crippen LogP contribution in [0, 0.1) is 0 Å². The Balaban J connectivity index is 1.04. The molecular formula is C26H34N4O3S. The maximum atomic E-state index is 12.9. The SMILES string of the molecule is O=C(N1CCOCC1)N1CCc2nc(-c3ccc(O[C@H]4C[C@H](N5CCCCC5)C4)cc3)sc2C1. The number of piperidine rings is 1. The summed E-state index contributed by atoms with van der Waals surface area (Å²) in [5.74, 6) is 0.953. The summed E-state index contributed by atoms with van der Waals surface area (Å²) in [6.07, 6.45) is 7.57. The van der Waals surface area contributed by atoms with Crippen LogP contribution in [0.25, 0.3) is 10.6 Å². The van der Waals surface area contributed by atoms with Gasteiger partial charge in [0.05, 0.1) is 25.5 Å². The second kappa shape index (κ2) is 9.84. The minimum atomic E-state index is 0.129. The van der Waals surface area contributed by atoms with Crippen LogP contribution in [0.15, 0.2) is 24.3 Å². The topological polar surface area (TPSA) is 58.1 Å². The highest BCUT2D eigenvalue weighted by Crippen LogP contribution is 2.35. The van der Waals surface area contributed by atoms with Gasteiger partial charge in [0.15, 0.2) is 0 Å². The van der Waals surface area contributed by atoms with E-state index in [9.17, 15) is 4.79 Å². The van der Waals surface area contributed by atoms with Crippen molar-refractivity contribution in [2.45, 2.75) is 57.2 Å². The number of ether oxygens (including phenoxy) is 2. The largest absolute Gasteiger partial charge is 0.490 e. The lowest BCUT2D eigenvalue weighted by atomic mass is 9.86. The van der Waals surface area contributed by atoms with E-state index in [4.69, 9.17) is 14.5 Å². The maximum Gasteiger partial charge on any atom is 0.320 e. The first-order chi connectivity index (χ1) is 16.7. The van der Waals surface area contributed by atoms with Crippen molar-refractivity contribution in [2.24, 2.45) is 0 Å². The van der Waals surface area contributed by atoms with E-state index in [2.05, 4.69) is 29.2 Å². The molecule has 0 bridgehead atoms. The fourth-order valence-corrected chi connectivity index (χ4v) is 6.65. The van der Waals surface area contributed by atoms with Crippen LogP contribution in [-0.2, 0) is 17.7 Å².